The topological polar surface area (TPSA) is 35.5 Å². The lowest BCUT2D eigenvalue weighted by atomic mass is 10.1. The van der Waals surface area contributed by atoms with Crippen LogP contribution in [0.3, 0.4) is 0 Å². The summed E-state index contributed by atoms with van der Waals surface area (Å²) in [5, 5.41) is 12.4. The molecular weight excluding hydrogens is 272 g/mol. The Balaban J connectivity index is 1.86. The van der Waals surface area contributed by atoms with Gasteiger partial charge in [0.05, 0.1) is 12.8 Å². The second-order valence-corrected chi connectivity index (χ2v) is 6.27. The van der Waals surface area contributed by atoms with Gasteiger partial charge >= 0.3 is 0 Å². The van der Waals surface area contributed by atoms with Crippen LogP contribution in [0.25, 0.3) is 0 Å². The van der Waals surface area contributed by atoms with Crippen LogP contribution in [-0.2, 0) is 0 Å². The Kier molecular flexibility index (Phi) is 11.9. The molecule has 1 aliphatic heterocycles. The fourth-order valence-electron chi connectivity index (χ4n) is 2.92. The van der Waals surface area contributed by atoms with Crippen molar-refractivity contribution in [2.24, 2.45) is 0 Å². The first-order chi connectivity index (χ1) is 10.9. The van der Waals surface area contributed by atoms with Crippen LogP contribution in [0.15, 0.2) is 24.6 Å². The van der Waals surface area contributed by atoms with Gasteiger partial charge in [-0.15, -0.1) is 0 Å². The summed E-state index contributed by atoms with van der Waals surface area (Å²) in [7, 11) is 0. The van der Waals surface area contributed by atoms with Gasteiger partial charge in [0.1, 0.15) is 0 Å². The number of hydrogen-bond donors (Lipinski definition) is 2. The predicted octanol–water partition coefficient (Wildman–Crippen LogP) is 4.55. The zero-order valence-electron chi connectivity index (χ0n) is 14.5. The standard InChI is InChI=1S/C19H36N2O/c1-2-3-4-5-6-7-8-9-10-11-12-13-14-19-20-15-16-21(19)17-18-22/h7-8,15-16,19-20,22H,2-6,9-14,17-18H2,1H3/b8-7+. The van der Waals surface area contributed by atoms with Crippen molar-refractivity contribution < 1.29 is 5.11 Å². The Labute approximate surface area is 137 Å². The summed E-state index contributed by atoms with van der Waals surface area (Å²) in [6, 6.07) is 0. The third kappa shape index (κ3) is 9.14. The zero-order valence-corrected chi connectivity index (χ0v) is 14.5. The van der Waals surface area contributed by atoms with E-state index in [0.29, 0.717) is 6.17 Å². The van der Waals surface area contributed by atoms with Gasteiger partial charge < -0.3 is 15.3 Å². The predicted molar refractivity (Wildman–Crippen MR) is 95.5 cm³/mol. The van der Waals surface area contributed by atoms with E-state index in [1.54, 1.807) is 0 Å². The highest BCUT2D eigenvalue weighted by Gasteiger charge is 2.16. The molecule has 1 rings (SSSR count). The number of allylic oxidation sites excluding steroid dienone is 2. The largest absolute Gasteiger partial charge is 0.395 e. The average Bonchev–Trinajstić information content (AvgIpc) is 2.96. The third-order valence-corrected chi connectivity index (χ3v) is 4.30. The number of nitrogens with zero attached hydrogens (tertiary/aromatic N) is 1. The number of aliphatic hydroxyl groups is 1. The number of aliphatic hydroxyl groups excluding tert-OH is 1. The summed E-state index contributed by atoms with van der Waals surface area (Å²) in [6.45, 7) is 3.23. The lowest BCUT2D eigenvalue weighted by Gasteiger charge is -2.24. The molecule has 0 aromatic heterocycles. The summed E-state index contributed by atoms with van der Waals surface area (Å²) < 4.78 is 0. The van der Waals surface area contributed by atoms with Gasteiger partial charge in [0.25, 0.3) is 0 Å². The Bertz CT molecular complexity index is 302. The van der Waals surface area contributed by atoms with E-state index in [1.807, 2.05) is 12.4 Å². The minimum absolute atomic E-state index is 0.229. The quantitative estimate of drug-likeness (QED) is 0.365. The molecule has 0 aliphatic carbocycles. The lowest BCUT2D eigenvalue weighted by Crippen LogP contribution is -2.36. The maximum Gasteiger partial charge on any atom is 0.0982 e. The molecule has 3 heteroatoms. The van der Waals surface area contributed by atoms with Crippen molar-refractivity contribution in [2.75, 3.05) is 13.2 Å². The Morgan fingerprint density at radius 1 is 1.00 bits per heavy atom. The van der Waals surface area contributed by atoms with Crippen LogP contribution in [0.5, 0.6) is 0 Å². The van der Waals surface area contributed by atoms with Gasteiger partial charge in [0.15, 0.2) is 0 Å². The van der Waals surface area contributed by atoms with E-state index in [2.05, 4.69) is 29.3 Å². The first-order valence-electron chi connectivity index (χ1n) is 9.32. The molecule has 0 amide bonds. The third-order valence-electron chi connectivity index (χ3n) is 4.30. The van der Waals surface area contributed by atoms with Crippen molar-refractivity contribution in [3.05, 3.63) is 24.6 Å². The lowest BCUT2D eigenvalue weighted by molar-refractivity contribution is 0.194. The van der Waals surface area contributed by atoms with Gasteiger partial charge in [-0.3, -0.25) is 0 Å². The van der Waals surface area contributed by atoms with Crippen LogP contribution in [0.1, 0.15) is 77.6 Å². The fraction of sp³-hybridized carbons (Fsp3) is 0.789. The van der Waals surface area contributed by atoms with E-state index in [4.69, 9.17) is 5.11 Å². The smallest absolute Gasteiger partial charge is 0.0982 e. The van der Waals surface area contributed by atoms with Crippen LogP contribution < -0.4 is 5.32 Å². The van der Waals surface area contributed by atoms with Crippen LogP contribution in [0.4, 0.5) is 0 Å². The zero-order chi connectivity index (χ0) is 15.9. The van der Waals surface area contributed by atoms with Crippen LogP contribution in [0.2, 0.25) is 0 Å². The molecule has 0 bridgehead atoms. The number of nitrogens with one attached hydrogen (secondary N) is 1. The van der Waals surface area contributed by atoms with Crippen LogP contribution in [0, 0.1) is 0 Å². The molecule has 0 aromatic carbocycles. The molecule has 1 unspecified atom stereocenters. The van der Waals surface area contributed by atoms with Crippen molar-refractivity contribution in [3.63, 3.8) is 0 Å². The molecule has 0 saturated heterocycles. The van der Waals surface area contributed by atoms with Gasteiger partial charge in [0, 0.05) is 18.9 Å². The van der Waals surface area contributed by atoms with E-state index in [0.717, 1.165) is 6.54 Å². The monoisotopic (exact) mass is 308 g/mol. The van der Waals surface area contributed by atoms with E-state index in [1.165, 1.54) is 70.6 Å². The molecule has 1 aliphatic rings. The van der Waals surface area contributed by atoms with Crippen molar-refractivity contribution in [2.45, 2.75) is 83.7 Å². The molecule has 1 heterocycles. The van der Waals surface area contributed by atoms with Crippen molar-refractivity contribution in [1.82, 2.24) is 10.2 Å². The first-order valence-corrected chi connectivity index (χ1v) is 9.32. The SMILES string of the molecule is CCCCCC/C=C/CCCCCCC1NC=CN1CCO. The summed E-state index contributed by atoms with van der Waals surface area (Å²) >= 11 is 0. The molecule has 0 fully saturated rings. The molecule has 1 atom stereocenters. The molecule has 0 saturated carbocycles. The second-order valence-electron chi connectivity index (χ2n) is 6.27. The highest BCUT2D eigenvalue weighted by molar-refractivity contribution is 4.93. The number of unbranched alkanes of at least 4 members (excludes halogenated alkanes) is 8. The summed E-state index contributed by atoms with van der Waals surface area (Å²) in [5.74, 6) is 0. The molecule has 0 spiro atoms. The normalized spacial score (nSPS) is 17.5. The van der Waals surface area contributed by atoms with E-state index < -0.39 is 0 Å². The van der Waals surface area contributed by atoms with E-state index >= 15 is 0 Å². The first kappa shape index (κ1) is 19.1. The van der Waals surface area contributed by atoms with Gasteiger partial charge in [-0.2, -0.15) is 0 Å². The molecular formula is C19H36N2O. The van der Waals surface area contributed by atoms with Gasteiger partial charge in [0.2, 0.25) is 0 Å². The molecule has 2 N–H and O–H groups in total. The fourth-order valence-corrected chi connectivity index (χ4v) is 2.92. The minimum Gasteiger partial charge on any atom is -0.395 e. The van der Waals surface area contributed by atoms with Crippen LogP contribution >= 0.6 is 0 Å². The van der Waals surface area contributed by atoms with Crippen LogP contribution in [-0.4, -0.2) is 29.3 Å². The van der Waals surface area contributed by atoms with E-state index in [-0.39, 0.29) is 6.61 Å². The molecule has 3 nitrogen and oxygen atoms in total. The highest BCUT2D eigenvalue weighted by atomic mass is 16.3. The summed E-state index contributed by atoms with van der Waals surface area (Å²) in [6.07, 6.45) is 23.5. The Hall–Kier alpha value is -0.960. The van der Waals surface area contributed by atoms with Crippen molar-refractivity contribution in [1.29, 1.82) is 0 Å². The van der Waals surface area contributed by atoms with Gasteiger partial charge in [-0.25, -0.2) is 0 Å². The summed E-state index contributed by atoms with van der Waals surface area (Å²) in [5.41, 5.74) is 0. The van der Waals surface area contributed by atoms with Crippen molar-refractivity contribution >= 4 is 0 Å². The van der Waals surface area contributed by atoms with Crippen molar-refractivity contribution in [3.8, 4) is 0 Å². The number of hydrogen-bond acceptors (Lipinski definition) is 3. The maximum absolute atomic E-state index is 9.01. The van der Waals surface area contributed by atoms with E-state index in [9.17, 15) is 0 Å². The molecule has 0 radical (unpaired) electrons. The number of β-amino-alcohol motifs (C(OH)–C–C–N with tert-alkyl or cyclic N) is 1. The highest BCUT2D eigenvalue weighted by Crippen LogP contribution is 2.13. The minimum atomic E-state index is 0.229. The van der Waals surface area contributed by atoms with Gasteiger partial charge in [-0.1, -0.05) is 51.2 Å². The van der Waals surface area contributed by atoms with Gasteiger partial charge in [-0.05, 0) is 38.5 Å². The molecule has 22 heavy (non-hydrogen) atoms. The Morgan fingerprint density at radius 2 is 1.68 bits per heavy atom. The summed E-state index contributed by atoms with van der Waals surface area (Å²) in [4.78, 5) is 2.20. The average molecular weight is 309 g/mol. The Morgan fingerprint density at radius 3 is 2.36 bits per heavy atom. The molecule has 128 valence electrons. The number of rotatable bonds is 14. The maximum atomic E-state index is 9.01. The molecule has 0 aromatic rings. The second kappa shape index (κ2) is 13.7.